The number of aromatic nitrogens is 1. The van der Waals surface area contributed by atoms with Crippen molar-refractivity contribution < 1.29 is 27.5 Å². The number of ether oxygens (including phenoxy) is 1. The van der Waals surface area contributed by atoms with Crippen LogP contribution in [0.15, 0.2) is 18.3 Å². The van der Waals surface area contributed by atoms with Crippen LogP contribution in [-0.2, 0) is 14.3 Å². The van der Waals surface area contributed by atoms with Gasteiger partial charge in [-0.15, -0.1) is 0 Å². The normalized spacial score (nSPS) is 27.2. The second-order valence-corrected chi connectivity index (χ2v) is 9.51. The maximum Gasteiger partial charge on any atom is 0.402 e. The Labute approximate surface area is 212 Å². The van der Waals surface area contributed by atoms with Gasteiger partial charge < -0.3 is 20.3 Å². The molecule has 3 aliphatic heterocycles. The van der Waals surface area contributed by atoms with Crippen LogP contribution in [-0.4, -0.2) is 103 Å². The van der Waals surface area contributed by atoms with Crippen LogP contribution in [0.4, 0.5) is 19.0 Å². The number of nitrogens with one attached hydrogen (secondary N) is 2. The molecule has 1 aromatic heterocycles. The van der Waals surface area contributed by atoms with Gasteiger partial charge in [-0.3, -0.25) is 19.9 Å². The largest absolute Gasteiger partial charge is 0.402 e. The van der Waals surface area contributed by atoms with E-state index in [9.17, 15) is 22.8 Å². The van der Waals surface area contributed by atoms with Crippen molar-refractivity contribution in [2.24, 2.45) is 11.7 Å². The molecule has 0 spiro atoms. The van der Waals surface area contributed by atoms with Gasteiger partial charge in [0.1, 0.15) is 11.9 Å². The van der Waals surface area contributed by atoms with Crippen molar-refractivity contribution in [3.8, 4) is 6.07 Å². The van der Waals surface area contributed by atoms with E-state index < -0.39 is 24.0 Å². The van der Waals surface area contributed by atoms with Gasteiger partial charge >= 0.3 is 6.18 Å². The van der Waals surface area contributed by atoms with Crippen molar-refractivity contribution in [3.05, 3.63) is 23.9 Å². The zero-order valence-electron chi connectivity index (χ0n) is 20.3. The summed E-state index contributed by atoms with van der Waals surface area (Å²) in [6.45, 7) is 2.74. The number of rotatable bonds is 7. The summed E-state index contributed by atoms with van der Waals surface area (Å²) < 4.78 is 46.5. The first-order valence-corrected chi connectivity index (χ1v) is 12.2. The third kappa shape index (κ3) is 6.48. The van der Waals surface area contributed by atoms with Gasteiger partial charge in [0.05, 0.1) is 25.2 Å². The van der Waals surface area contributed by atoms with E-state index in [1.165, 1.54) is 6.20 Å². The van der Waals surface area contributed by atoms with Gasteiger partial charge in [-0.05, 0) is 18.6 Å². The second-order valence-electron chi connectivity index (χ2n) is 9.51. The smallest absolute Gasteiger partial charge is 0.379 e. The van der Waals surface area contributed by atoms with Crippen molar-refractivity contribution in [3.63, 3.8) is 0 Å². The second kappa shape index (κ2) is 11.6. The lowest BCUT2D eigenvalue weighted by Crippen LogP contribution is -2.65. The summed E-state index contributed by atoms with van der Waals surface area (Å²) in [5.41, 5.74) is 11.1. The number of anilines is 1. The summed E-state index contributed by atoms with van der Waals surface area (Å²) in [6.07, 6.45) is -2.55. The van der Waals surface area contributed by atoms with E-state index in [4.69, 9.17) is 15.7 Å². The average molecular weight is 525 g/mol. The van der Waals surface area contributed by atoms with E-state index in [2.05, 4.69) is 15.8 Å². The first-order valence-electron chi connectivity index (χ1n) is 12.2. The Morgan fingerprint density at radius 3 is 2.68 bits per heavy atom. The lowest BCUT2D eigenvalue weighted by Gasteiger charge is -2.40. The number of carbonyl (C=O) groups is 2. The van der Waals surface area contributed by atoms with Gasteiger partial charge in [0.25, 0.3) is 0 Å². The molecule has 3 saturated heterocycles. The Balaban J connectivity index is 1.22. The van der Waals surface area contributed by atoms with Crippen molar-refractivity contribution in [1.82, 2.24) is 25.6 Å². The first kappa shape index (κ1) is 27.1. The summed E-state index contributed by atoms with van der Waals surface area (Å²) in [5, 5.41) is 8.89. The SMILES string of the molecule is N#Cc1ccc(N2CCN(C(=O)CCOC[C@@H]3C[C@H](N)CN3C3CNNC(=O)C3C(F)(F)F)CC2)nc1. The number of carbonyl (C=O) groups excluding carboxylic acids is 2. The van der Waals surface area contributed by atoms with Gasteiger partial charge in [-0.1, -0.05) is 0 Å². The third-order valence-electron chi connectivity index (χ3n) is 7.06. The molecule has 11 nitrogen and oxygen atoms in total. The number of nitrogens with zero attached hydrogens (tertiary/aromatic N) is 5. The molecule has 0 bridgehead atoms. The quantitative estimate of drug-likeness (QED) is 0.406. The summed E-state index contributed by atoms with van der Waals surface area (Å²) in [7, 11) is 0. The number of likely N-dealkylation sites (tertiary alicyclic amines) is 1. The Bertz CT molecular complexity index is 994. The lowest BCUT2D eigenvalue weighted by atomic mass is 9.94. The fraction of sp³-hybridized carbons (Fsp3) is 0.652. The van der Waals surface area contributed by atoms with Crippen LogP contribution in [0, 0.1) is 17.2 Å². The number of hydrogen-bond donors (Lipinski definition) is 3. The van der Waals surface area contributed by atoms with Gasteiger partial charge in [0.2, 0.25) is 11.8 Å². The van der Waals surface area contributed by atoms with E-state index in [0.717, 1.165) is 5.82 Å². The van der Waals surface area contributed by atoms with Crippen molar-refractivity contribution in [2.75, 3.05) is 57.4 Å². The minimum Gasteiger partial charge on any atom is -0.379 e. The molecule has 0 radical (unpaired) electrons. The fourth-order valence-corrected chi connectivity index (χ4v) is 5.20. The van der Waals surface area contributed by atoms with E-state index in [1.54, 1.807) is 21.9 Å². The van der Waals surface area contributed by atoms with E-state index in [1.807, 2.05) is 11.0 Å². The topological polar surface area (TPSA) is 140 Å². The van der Waals surface area contributed by atoms with Crippen LogP contribution >= 0.6 is 0 Å². The molecule has 3 aliphatic rings. The highest BCUT2D eigenvalue weighted by Crippen LogP contribution is 2.35. The summed E-state index contributed by atoms with van der Waals surface area (Å²) in [6, 6.07) is 3.74. The average Bonchev–Trinajstić information content (AvgIpc) is 3.26. The molecule has 37 heavy (non-hydrogen) atoms. The van der Waals surface area contributed by atoms with Crippen LogP contribution in [0.3, 0.4) is 0 Å². The molecular weight excluding hydrogens is 493 g/mol. The molecule has 2 unspecified atom stereocenters. The number of nitriles is 1. The van der Waals surface area contributed by atoms with Crippen LogP contribution in [0.2, 0.25) is 0 Å². The minimum atomic E-state index is -4.68. The van der Waals surface area contributed by atoms with Crippen molar-refractivity contribution in [2.45, 2.75) is 37.1 Å². The highest BCUT2D eigenvalue weighted by molar-refractivity contribution is 5.80. The Morgan fingerprint density at radius 1 is 1.27 bits per heavy atom. The van der Waals surface area contributed by atoms with Gasteiger partial charge in [0, 0.05) is 63.6 Å². The molecule has 4 N–H and O–H groups in total. The highest BCUT2D eigenvalue weighted by atomic mass is 19.4. The Hall–Kier alpha value is -2.99. The molecule has 4 rings (SSSR count). The van der Waals surface area contributed by atoms with Gasteiger partial charge in [-0.25, -0.2) is 10.4 Å². The molecule has 3 fully saturated rings. The van der Waals surface area contributed by atoms with Crippen molar-refractivity contribution >= 4 is 17.6 Å². The molecule has 4 heterocycles. The molecule has 0 saturated carbocycles. The predicted octanol–water partition coefficient (Wildman–Crippen LogP) is -0.408. The van der Waals surface area contributed by atoms with Crippen molar-refractivity contribution in [1.29, 1.82) is 5.26 Å². The zero-order chi connectivity index (χ0) is 26.6. The van der Waals surface area contributed by atoms with E-state index in [-0.39, 0.29) is 50.7 Å². The number of nitrogens with two attached hydrogens (primary N) is 1. The zero-order valence-corrected chi connectivity index (χ0v) is 20.3. The minimum absolute atomic E-state index is 0.0540. The molecule has 4 atom stereocenters. The van der Waals surface area contributed by atoms with Gasteiger partial charge in [0.15, 0.2) is 5.92 Å². The molecule has 1 aromatic rings. The summed E-state index contributed by atoms with van der Waals surface area (Å²) in [5.74, 6) is -2.56. The van der Waals surface area contributed by atoms with Crippen LogP contribution in [0.1, 0.15) is 18.4 Å². The molecule has 0 aromatic carbocycles. The van der Waals surface area contributed by atoms with Crippen LogP contribution in [0.25, 0.3) is 0 Å². The maximum atomic E-state index is 13.6. The summed E-state index contributed by atoms with van der Waals surface area (Å²) >= 11 is 0. The van der Waals surface area contributed by atoms with Crippen LogP contribution in [0.5, 0.6) is 0 Å². The predicted molar refractivity (Wildman–Crippen MR) is 126 cm³/mol. The fourth-order valence-electron chi connectivity index (χ4n) is 5.20. The molecular formula is C23H31F3N8O3. The number of pyridine rings is 1. The Morgan fingerprint density at radius 2 is 2.03 bits per heavy atom. The third-order valence-corrected chi connectivity index (χ3v) is 7.06. The molecule has 202 valence electrons. The van der Waals surface area contributed by atoms with Crippen LogP contribution < -0.4 is 21.5 Å². The summed E-state index contributed by atoms with van der Waals surface area (Å²) in [4.78, 5) is 34.3. The number of amides is 2. The Kier molecular flexibility index (Phi) is 8.48. The monoisotopic (exact) mass is 524 g/mol. The molecule has 14 heteroatoms. The highest BCUT2D eigenvalue weighted by Gasteiger charge is 2.54. The maximum absolute atomic E-state index is 13.6. The van der Waals surface area contributed by atoms with E-state index in [0.29, 0.717) is 38.2 Å². The number of piperazine rings is 1. The molecule has 0 aliphatic carbocycles. The number of halogens is 3. The number of alkyl halides is 3. The number of hydrazine groups is 1. The van der Waals surface area contributed by atoms with Gasteiger partial charge in [-0.2, -0.15) is 18.4 Å². The standard InChI is InChI=1S/C23H31F3N8O3/c24-23(25,26)21-18(12-30-31-22(21)36)34-13-16(28)9-17(34)14-37-8-3-20(35)33-6-4-32(5-7-33)19-2-1-15(10-27)11-29-19/h1-2,11,16-18,21,30H,3-9,12-14,28H2,(H,31,36)/t16-,17-,18?,21?/m0/s1. The number of hydrogen-bond acceptors (Lipinski definition) is 9. The first-order chi connectivity index (χ1) is 17.7. The lowest BCUT2D eigenvalue weighted by molar-refractivity contribution is -0.201. The molecule has 2 amide bonds. The van der Waals surface area contributed by atoms with E-state index >= 15 is 0 Å².